The minimum Gasteiger partial charge on any atom is -0.506 e. The first-order valence-corrected chi connectivity index (χ1v) is 10.7. The van der Waals surface area contributed by atoms with Crippen LogP contribution in [0.25, 0.3) is 0 Å². The van der Waals surface area contributed by atoms with Gasteiger partial charge in [-0.2, -0.15) is 0 Å². The van der Waals surface area contributed by atoms with Crippen LogP contribution in [0.4, 0.5) is 5.69 Å². The maximum absolute atomic E-state index is 13.0. The van der Waals surface area contributed by atoms with Crippen molar-refractivity contribution in [3.63, 3.8) is 0 Å². The van der Waals surface area contributed by atoms with Crippen LogP contribution in [-0.2, 0) is 9.59 Å². The Hall–Kier alpha value is -3.13. The number of carboxylic acid groups (broad SMARTS) is 1. The predicted octanol–water partition coefficient (Wildman–Crippen LogP) is 2.99. The average Bonchev–Trinajstić information content (AvgIpc) is 2.72. The Labute approximate surface area is 185 Å². The molecular weight excluding hydrogens is 414 g/mol. The number of allylic oxidation sites excluding steroid dienone is 2. The number of ketones is 1. The number of carboxylic acids is 1. The van der Waals surface area contributed by atoms with Crippen LogP contribution in [-0.4, -0.2) is 44.2 Å². The molecule has 3 saturated carbocycles. The lowest BCUT2D eigenvalue weighted by Gasteiger charge is -2.60. The molecule has 1 aromatic carbocycles. The number of aromatic carboxylic acids is 1. The van der Waals surface area contributed by atoms with E-state index < -0.39 is 40.5 Å². The number of phenolic OH excluding ortho intramolecular Hbond substituents is 1. The molecule has 5 N–H and O–H groups in total. The maximum Gasteiger partial charge on any atom is 0.339 e. The summed E-state index contributed by atoms with van der Waals surface area (Å²) in [6, 6.07) is 2.12. The van der Waals surface area contributed by atoms with Gasteiger partial charge in [-0.1, -0.05) is 25.2 Å². The van der Waals surface area contributed by atoms with Crippen molar-refractivity contribution < 1.29 is 34.8 Å². The Morgan fingerprint density at radius 1 is 1.28 bits per heavy atom. The van der Waals surface area contributed by atoms with Crippen LogP contribution in [0.3, 0.4) is 0 Å². The van der Waals surface area contributed by atoms with Gasteiger partial charge >= 0.3 is 5.97 Å². The van der Waals surface area contributed by atoms with Gasteiger partial charge in [0.15, 0.2) is 11.5 Å². The summed E-state index contributed by atoms with van der Waals surface area (Å²) in [6.45, 7) is 5.98. The van der Waals surface area contributed by atoms with E-state index in [4.69, 9.17) is 5.11 Å². The van der Waals surface area contributed by atoms with Gasteiger partial charge in [0, 0.05) is 17.8 Å². The van der Waals surface area contributed by atoms with Crippen molar-refractivity contribution in [1.82, 2.24) is 0 Å². The lowest BCUT2D eigenvalue weighted by Crippen LogP contribution is -2.57. The first kappa shape index (κ1) is 22.1. The highest BCUT2D eigenvalue weighted by Crippen LogP contribution is 2.64. The van der Waals surface area contributed by atoms with E-state index in [0.717, 1.165) is 17.7 Å². The van der Waals surface area contributed by atoms with Gasteiger partial charge in [0.2, 0.25) is 5.91 Å². The van der Waals surface area contributed by atoms with Crippen molar-refractivity contribution in [2.24, 2.45) is 22.7 Å². The predicted molar refractivity (Wildman–Crippen MR) is 115 cm³/mol. The Morgan fingerprint density at radius 3 is 2.66 bits per heavy atom. The van der Waals surface area contributed by atoms with E-state index in [2.05, 4.69) is 11.9 Å². The molecule has 0 saturated heterocycles. The molecule has 0 radical (unpaired) electrons. The maximum atomic E-state index is 13.0. The third-order valence-electron chi connectivity index (χ3n) is 7.74. The number of hydrogen-bond acceptors (Lipinski definition) is 6. The Bertz CT molecular complexity index is 1060. The zero-order chi connectivity index (χ0) is 23.4. The van der Waals surface area contributed by atoms with Gasteiger partial charge in [-0.05, 0) is 55.2 Å². The Kier molecular flexibility index (Phi) is 5.16. The molecule has 0 unspecified atom stereocenters. The van der Waals surface area contributed by atoms with Gasteiger partial charge in [0.05, 0.1) is 6.10 Å². The number of anilines is 1. The zero-order valence-electron chi connectivity index (χ0n) is 17.8. The van der Waals surface area contributed by atoms with Gasteiger partial charge in [-0.25, -0.2) is 4.79 Å². The lowest BCUT2D eigenvalue weighted by molar-refractivity contribution is -0.142. The van der Waals surface area contributed by atoms with Crippen molar-refractivity contribution in [2.75, 3.05) is 5.32 Å². The van der Waals surface area contributed by atoms with E-state index >= 15 is 0 Å². The molecule has 0 heterocycles. The van der Waals surface area contributed by atoms with E-state index in [-0.39, 0.29) is 41.6 Å². The molecule has 170 valence electrons. The van der Waals surface area contributed by atoms with E-state index in [9.17, 15) is 29.7 Å². The van der Waals surface area contributed by atoms with E-state index in [1.54, 1.807) is 6.08 Å². The van der Waals surface area contributed by atoms with Crippen LogP contribution in [0.2, 0.25) is 0 Å². The first-order chi connectivity index (χ1) is 15.0. The van der Waals surface area contributed by atoms with Crippen LogP contribution in [0.1, 0.15) is 49.4 Å². The standard InChI is InChI=1S/C24H27NO7/c1-12-10-24-8-5-18(28)23(2,17(24)9-14(12)16(27)11-24)7-6-19(29)25-20-15(26)4-3-13(21(20)30)22(31)32/h3-5,8,14,16-17,26-27,30H,1,6-7,9-11H2,2H3,(H,25,29)(H,31,32)/t14-,16-,17-,23-,24+/m0/s1. The number of carbonyl (C=O) groups excluding carboxylic acids is 2. The fourth-order valence-corrected chi connectivity index (χ4v) is 6.00. The zero-order valence-corrected chi connectivity index (χ0v) is 17.8. The molecule has 5 rings (SSSR count). The summed E-state index contributed by atoms with van der Waals surface area (Å²) in [5.74, 6) is -3.29. The number of nitrogens with one attached hydrogen (secondary N) is 1. The van der Waals surface area contributed by atoms with Gasteiger partial charge in [0.25, 0.3) is 0 Å². The van der Waals surface area contributed by atoms with Gasteiger partial charge in [-0.3, -0.25) is 9.59 Å². The normalized spacial score (nSPS) is 33.1. The fraction of sp³-hybridized carbons (Fsp3) is 0.458. The van der Waals surface area contributed by atoms with Crippen molar-refractivity contribution in [2.45, 2.75) is 45.1 Å². The number of rotatable bonds is 5. The Morgan fingerprint density at radius 2 is 2.00 bits per heavy atom. The van der Waals surface area contributed by atoms with Crippen LogP contribution in [0, 0.1) is 22.7 Å². The molecule has 0 aliphatic heterocycles. The summed E-state index contributed by atoms with van der Waals surface area (Å²) < 4.78 is 0. The van der Waals surface area contributed by atoms with Crippen LogP contribution >= 0.6 is 0 Å². The highest BCUT2D eigenvalue weighted by Gasteiger charge is 2.60. The number of benzene rings is 1. The molecule has 1 amide bonds. The second-order valence-corrected chi connectivity index (χ2v) is 9.56. The second-order valence-electron chi connectivity index (χ2n) is 9.56. The lowest BCUT2D eigenvalue weighted by atomic mass is 9.44. The molecule has 4 aliphatic rings. The third-order valence-corrected chi connectivity index (χ3v) is 7.74. The first-order valence-electron chi connectivity index (χ1n) is 10.7. The van der Waals surface area contributed by atoms with Crippen molar-refractivity contribution in [1.29, 1.82) is 0 Å². The molecule has 8 heteroatoms. The van der Waals surface area contributed by atoms with Gasteiger partial charge in [0.1, 0.15) is 17.0 Å². The summed E-state index contributed by atoms with van der Waals surface area (Å²) in [5, 5.41) is 42.1. The van der Waals surface area contributed by atoms with E-state index in [1.807, 2.05) is 13.0 Å². The fourth-order valence-electron chi connectivity index (χ4n) is 6.00. The topological polar surface area (TPSA) is 144 Å². The molecule has 4 aliphatic carbocycles. The van der Waals surface area contributed by atoms with Crippen LogP contribution in [0.5, 0.6) is 11.5 Å². The molecule has 8 nitrogen and oxygen atoms in total. The molecule has 5 atom stereocenters. The second kappa shape index (κ2) is 7.48. The number of carbonyl (C=O) groups is 3. The van der Waals surface area contributed by atoms with Crippen molar-refractivity contribution >= 4 is 23.3 Å². The monoisotopic (exact) mass is 441 g/mol. The molecule has 0 aromatic heterocycles. The number of amides is 1. The molecular formula is C24H27NO7. The average molecular weight is 441 g/mol. The summed E-state index contributed by atoms with van der Waals surface area (Å²) in [6.07, 6.45) is 5.09. The Balaban J connectivity index is 1.53. The molecule has 32 heavy (non-hydrogen) atoms. The summed E-state index contributed by atoms with van der Waals surface area (Å²) in [5.41, 5.74) is -0.975. The molecule has 3 fully saturated rings. The smallest absolute Gasteiger partial charge is 0.339 e. The summed E-state index contributed by atoms with van der Waals surface area (Å²) >= 11 is 0. The molecule has 1 spiro atoms. The minimum absolute atomic E-state index is 0.0312. The van der Waals surface area contributed by atoms with Crippen LogP contribution < -0.4 is 5.32 Å². The minimum atomic E-state index is -1.40. The number of fused-ring (bicyclic) bond motifs is 2. The summed E-state index contributed by atoms with van der Waals surface area (Å²) in [7, 11) is 0. The number of aliphatic hydroxyl groups excluding tert-OH is 1. The number of hydrogen-bond donors (Lipinski definition) is 5. The highest BCUT2D eigenvalue weighted by molar-refractivity contribution is 6.00. The SMILES string of the molecule is C=C1C[C@@]23C=CC(=O)[C@@](C)(CCC(=O)Nc4c(O)ccc(C(=O)O)c4O)[C@@H]2C[C@@H]1[C@@H](O)C3. The summed E-state index contributed by atoms with van der Waals surface area (Å²) in [4.78, 5) is 36.8. The van der Waals surface area contributed by atoms with E-state index in [1.165, 1.54) is 0 Å². The largest absolute Gasteiger partial charge is 0.506 e. The molecule has 2 bridgehead atoms. The quantitative estimate of drug-likeness (QED) is 0.349. The number of phenols is 2. The van der Waals surface area contributed by atoms with Gasteiger partial charge < -0.3 is 25.7 Å². The van der Waals surface area contributed by atoms with Gasteiger partial charge in [-0.15, -0.1) is 0 Å². The van der Waals surface area contributed by atoms with Crippen molar-refractivity contribution in [3.8, 4) is 11.5 Å². The van der Waals surface area contributed by atoms with Crippen LogP contribution in [0.15, 0.2) is 36.4 Å². The number of aliphatic hydroxyl groups is 1. The van der Waals surface area contributed by atoms with E-state index in [0.29, 0.717) is 19.3 Å². The third kappa shape index (κ3) is 3.30. The number of aromatic hydroxyl groups is 2. The highest BCUT2D eigenvalue weighted by atomic mass is 16.4. The van der Waals surface area contributed by atoms with Crippen molar-refractivity contribution in [3.05, 3.63) is 42.0 Å². The molecule has 1 aromatic rings.